The van der Waals surface area contributed by atoms with E-state index in [2.05, 4.69) is 4.72 Å². The number of benzene rings is 1. The molecule has 96 valence electrons. The van der Waals surface area contributed by atoms with E-state index >= 15 is 0 Å². The zero-order valence-corrected chi connectivity index (χ0v) is 11.5. The van der Waals surface area contributed by atoms with Crippen molar-refractivity contribution in [1.82, 2.24) is 4.72 Å². The van der Waals surface area contributed by atoms with E-state index in [0.29, 0.717) is 6.61 Å². The highest BCUT2D eigenvalue weighted by atomic mass is 32.2. The lowest BCUT2D eigenvalue weighted by atomic mass is 10.1. The van der Waals surface area contributed by atoms with E-state index in [1.165, 1.54) is 5.56 Å². The first-order chi connectivity index (χ1) is 7.78. The predicted octanol–water partition coefficient (Wildman–Crippen LogP) is 1.62. The zero-order valence-electron chi connectivity index (χ0n) is 10.6. The quantitative estimate of drug-likeness (QED) is 0.872. The maximum absolute atomic E-state index is 11.0. The summed E-state index contributed by atoms with van der Waals surface area (Å²) in [7, 11) is -3.17. The van der Waals surface area contributed by atoms with E-state index < -0.39 is 10.0 Å². The van der Waals surface area contributed by atoms with Gasteiger partial charge in [0.1, 0.15) is 12.4 Å². The van der Waals surface area contributed by atoms with Crippen molar-refractivity contribution in [3.63, 3.8) is 0 Å². The molecule has 0 aliphatic rings. The molecule has 0 amide bonds. The van der Waals surface area contributed by atoms with Crippen molar-refractivity contribution in [2.24, 2.45) is 0 Å². The van der Waals surface area contributed by atoms with Gasteiger partial charge in [-0.2, -0.15) is 0 Å². The van der Waals surface area contributed by atoms with Crippen LogP contribution in [0.25, 0.3) is 0 Å². The van der Waals surface area contributed by atoms with Crippen LogP contribution in [0.15, 0.2) is 18.2 Å². The van der Waals surface area contributed by atoms with Crippen LogP contribution in [-0.2, 0) is 10.0 Å². The second kappa shape index (κ2) is 5.51. The Labute approximate surface area is 103 Å². The van der Waals surface area contributed by atoms with Crippen LogP contribution in [0.5, 0.6) is 5.75 Å². The molecule has 0 heterocycles. The third-order valence-corrected chi connectivity index (χ3v) is 3.22. The van der Waals surface area contributed by atoms with Crippen LogP contribution < -0.4 is 9.46 Å². The molecule has 0 spiro atoms. The Hall–Kier alpha value is -1.07. The predicted molar refractivity (Wildman–Crippen MR) is 68.9 cm³/mol. The van der Waals surface area contributed by atoms with Gasteiger partial charge in [0.15, 0.2) is 0 Å². The van der Waals surface area contributed by atoms with Crippen LogP contribution in [0.2, 0.25) is 0 Å². The van der Waals surface area contributed by atoms with Gasteiger partial charge in [0, 0.05) is 0 Å². The lowest BCUT2D eigenvalue weighted by molar-refractivity contribution is 0.287. The van der Waals surface area contributed by atoms with Crippen molar-refractivity contribution < 1.29 is 13.2 Å². The van der Waals surface area contributed by atoms with E-state index in [1.807, 2.05) is 32.0 Å². The summed E-state index contributed by atoms with van der Waals surface area (Å²) in [6.07, 6.45) is 1.14. The number of aryl methyl sites for hydroxylation is 2. The molecule has 1 aromatic carbocycles. The number of hydrogen-bond donors (Lipinski definition) is 1. The van der Waals surface area contributed by atoms with Crippen molar-refractivity contribution in [2.45, 2.75) is 26.8 Å². The third kappa shape index (κ3) is 5.19. The smallest absolute Gasteiger partial charge is 0.209 e. The first kappa shape index (κ1) is 14.0. The molecule has 4 nitrogen and oxygen atoms in total. The lowest BCUT2D eigenvalue weighted by Gasteiger charge is -2.14. The van der Waals surface area contributed by atoms with Crippen LogP contribution in [0.4, 0.5) is 0 Å². The Morgan fingerprint density at radius 3 is 2.47 bits per heavy atom. The topological polar surface area (TPSA) is 55.4 Å². The van der Waals surface area contributed by atoms with E-state index in [0.717, 1.165) is 17.6 Å². The number of nitrogens with one attached hydrogen (secondary N) is 1. The molecule has 5 heteroatoms. The highest BCUT2D eigenvalue weighted by Gasteiger charge is 2.09. The molecule has 0 fully saturated rings. The Kier molecular flexibility index (Phi) is 4.54. The molecule has 17 heavy (non-hydrogen) atoms. The van der Waals surface area contributed by atoms with Crippen LogP contribution in [0, 0.1) is 13.8 Å². The van der Waals surface area contributed by atoms with Crippen molar-refractivity contribution >= 4 is 10.0 Å². The van der Waals surface area contributed by atoms with E-state index in [4.69, 9.17) is 4.74 Å². The SMILES string of the molecule is Cc1ccc(OC[C@H](C)NS(C)(=O)=O)cc1C. The molecule has 0 aromatic heterocycles. The van der Waals surface area contributed by atoms with E-state index in [9.17, 15) is 8.42 Å². The van der Waals surface area contributed by atoms with Gasteiger partial charge in [0.25, 0.3) is 0 Å². The lowest BCUT2D eigenvalue weighted by Crippen LogP contribution is -2.35. The largest absolute Gasteiger partial charge is 0.492 e. The standard InChI is InChI=1S/C12H19NO3S/c1-9-5-6-12(7-10(9)2)16-8-11(3)13-17(4,14)15/h5-7,11,13H,8H2,1-4H3/t11-/m0/s1. The van der Waals surface area contributed by atoms with Gasteiger partial charge in [-0.3, -0.25) is 0 Å². The molecule has 0 radical (unpaired) electrons. The monoisotopic (exact) mass is 257 g/mol. The van der Waals surface area contributed by atoms with Crippen LogP contribution >= 0.6 is 0 Å². The highest BCUT2D eigenvalue weighted by Crippen LogP contribution is 2.16. The fraction of sp³-hybridized carbons (Fsp3) is 0.500. The van der Waals surface area contributed by atoms with Crippen molar-refractivity contribution in [3.05, 3.63) is 29.3 Å². The maximum Gasteiger partial charge on any atom is 0.209 e. The first-order valence-electron chi connectivity index (χ1n) is 5.45. The zero-order chi connectivity index (χ0) is 13.1. The van der Waals surface area contributed by atoms with Gasteiger partial charge >= 0.3 is 0 Å². The minimum atomic E-state index is -3.17. The summed E-state index contributed by atoms with van der Waals surface area (Å²) in [5.41, 5.74) is 2.37. The van der Waals surface area contributed by atoms with Gasteiger partial charge in [-0.25, -0.2) is 13.1 Å². The molecule has 1 atom stereocenters. The molecule has 0 aliphatic heterocycles. The molecule has 1 rings (SSSR count). The molecule has 0 saturated heterocycles. The highest BCUT2D eigenvalue weighted by molar-refractivity contribution is 7.88. The summed E-state index contributed by atoms with van der Waals surface area (Å²) in [5.74, 6) is 0.759. The second-order valence-electron chi connectivity index (χ2n) is 4.35. The third-order valence-electron chi connectivity index (χ3n) is 2.39. The minimum Gasteiger partial charge on any atom is -0.492 e. The molecular formula is C12H19NO3S. The first-order valence-corrected chi connectivity index (χ1v) is 7.34. The summed E-state index contributed by atoms with van der Waals surface area (Å²) in [6, 6.07) is 5.57. The molecule has 1 N–H and O–H groups in total. The van der Waals surface area contributed by atoms with Crippen LogP contribution in [0.1, 0.15) is 18.1 Å². The normalized spacial score (nSPS) is 13.4. The van der Waals surface area contributed by atoms with Gasteiger partial charge in [-0.15, -0.1) is 0 Å². The average Bonchev–Trinajstić information content (AvgIpc) is 2.17. The molecular weight excluding hydrogens is 238 g/mol. The van der Waals surface area contributed by atoms with Gasteiger partial charge in [0.05, 0.1) is 12.3 Å². The van der Waals surface area contributed by atoms with Crippen molar-refractivity contribution in [1.29, 1.82) is 0 Å². The Morgan fingerprint density at radius 2 is 1.94 bits per heavy atom. The number of sulfonamides is 1. The van der Waals surface area contributed by atoms with Gasteiger partial charge in [-0.05, 0) is 44.0 Å². The molecule has 0 saturated carbocycles. The number of rotatable bonds is 5. The molecule has 0 unspecified atom stereocenters. The van der Waals surface area contributed by atoms with Gasteiger partial charge < -0.3 is 4.74 Å². The van der Waals surface area contributed by atoms with Crippen molar-refractivity contribution in [2.75, 3.05) is 12.9 Å². The molecule has 0 bridgehead atoms. The number of hydrogen-bond acceptors (Lipinski definition) is 3. The van der Waals surface area contributed by atoms with Gasteiger partial charge in [0.2, 0.25) is 10.0 Å². The van der Waals surface area contributed by atoms with Crippen LogP contribution in [-0.4, -0.2) is 27.3 Å². The Bertz CT molecular complexity index is 483. The van der Waals surface area contributed by atoms with Gasteiger partial charge in [-0.1, -0.05) is 6.07 Å². The molecule has 0 aliphatic carbocycles. The second-order valence-corrected chi connectivity index (χ2v) is 6.13. The van der Waals surface area contributed by atoms with Crippen LogP contribution in [0.3, 0.4) is 0 Å². The summed E-state index contributed by atoms with van der Waals surface area (Å²) in [4.78, 5) is 0. The fourth-order valence-electron chi connectivity index (χ4n) is 1.42. The maximum atomic E-state index is 11.0. The summed E-state index contributed by atoms with van der Waals surface area (Å²) in [6.45, 7) is 6.13. The minimum absolute atomic E-state index is 0.244. The summed E-state index contributed by atoms with van der Waals surface area (Å²) < 4.78 is 30.0. The fourth-order valence-corrected chi connectivity index (χ4v) is 2.22. The Balaban J connectivity index is 2.53. The summed E-state index contributed by atoms with van der Waals surface area (Å²) in [5, 5.41) is 0. The summed E-state index contributed by atoms with van der Waals surface area (Å²) >= 11 is 0. The molecule has 1 aromatic rings. The van der Waals surface area contributed by atoms with E-state index in [-0.39, 0.29) is 6.04 Å². The Morgan fingerprint density at radius 1 is 1.29 bits per heavy atom. The van der Waals surface area contributed by atoms with Crippen molar-refractivity contribution in [3.8, 4) is 5.75 Å². The number of ether oxygens (including phenoxy) is 1. The van der Waals surface area contributed by atoms with E-state index in [1.54, 1.807) is 6.92 Å². The average molecular weight is 257 g/mol.